The molecule has 1 N–H and O–H groups in total. The average Bonchev–Trinajstić information content (AvgIpc) is 3.16. The number of alkyl carbamates (subject to hydrolysis) is 1. The van der Waals surface area contributed by atoms with E-state index >= 15 is 0 Å². The Morgan fingerprint density at radius 2 is 1.55 bits per heavy atom. The van der Waals surface area contributed by atoms with E-state index in [9.17, 15) is 9.59 Å². The number of esters is 1. The highest BCUT2D eigenvalue weighted by Gasteiger charge is 2.30. The second-order valence-electron chi connectivity index (χ2n) is 7.77. The van der Waals surface area contributed by atoms with E-state index in [1.54, 1.807) is 0 Å². The summed E-state index contributed by atoms with van der Waals surface area (Å²) in [4.78, 5) is 25.2. The Kier molecular flexibility index (Phi) is 7.44. The van der Waals surface area contributed by atoms with Crippen molar-refractivity contribution in [1.82, 2.24) is 5.32 Å². The number of nitrogens with one attached hydrogen (secondary N) is 1. The van der Waals surface area contributed by atoms with E-state index in [1.807, 2.05) is 48.5 Å². The van der Waals surface area contributed by atoms with Crippen molar-refractivity contribution >= 4 is 34.7 Å². The first kappa shape index (κ1) is 23.0. The Hall–Kier alpha value is -3.13. The number of halogens is 1. The third-order valence-corrected chi connectivity index (χ3v) is 6.34. The normalized spacial score (nSPS) is 12.9. The molecule has 33 heavy (non-hydrogen) atoms. The molecule has 0 radical (unpaired) electrons. The zero-order valence-corrected chi connectivity index (χ0v) is 20.2. The zero-order chi connectivity index (χ0) is 23.2. The third-order valence-electron chi connectivity index (χ3n) is 5.62. The fourth-order valence-electron chi connectivity index (χ4n) is 4.07. The Bertz CT molecular complexity index is 1110. The number of ether oxygens (including phenoxy) is 2. The molecule has 6 heteroatoms. The molecule has 1 aliphatic carbocycles. The molecule has 0 aromatic heterocycles. The molecule has 5 nitrogen and oxygen atoms in total. The second-order valence-corrected chi connectivity index (χ2v) is 9.02. The summed E-state index contributed by atoms with van der Waals surface area (Å²) in [7, 11) is 0. The molecule has 0 spiro atoms. The fraction of sp³-hybridized carbons (Fsp3) is 0.185. The smallest absolute Gasteiger partial charge is 0.407 e. The van der Waals surface area contributed by atoms with Gasteiger partial charge in [0.05, 0.1) is 0 Å². The maximum absolute atomic E-state index is 12.7. The van der Waals surface area contributed by atoms with Crippen LogP contribution in [0.1, 0.15) is 22.6 Å². The molecular formula is C27H24INO4. The van der Waals surface area contributed by atoms with Crippen LogP contribution in [0, 0.1) is 3.57 Å². The van der Waals surface area contributed by atoms with Crippen LogP contribution in [0.3, 0.4) is 0 Å². The van der Waals surface area contributed by atoms with E-state index in [0.29, 0.717) is 6.42 Å². The van der Waals surface area contributed by atoms with E-state index < -0.39 is 18.1 Å². The topological polar surface area (TPSA) is 64.6 Å². The summed E-state index contributed by atoms with van der Waals surface area (Å²) in [5.41, 5.74) is 5.49. The summed E-state index contributed by atoms with van der Waals surface area (Å²) < 4.78 is 11.9. The molecule has 0 saturated heterocycles. The zero-order valence-electron chi connectivity index (χ0n) is 18.0. The van der Waals surface area contributed by atoms with Crippen molar-refractivity contribution in [3.8, 4) is 11.1 Å². The molecular weight excluding hydrogens is 529 g/mol. The van der Waals surface area contributed by atoms with Crippen molar-refractivity contribution in [2.75, 3.05) is 13.2 Å². The molecule has 3 aromatic carbocycles. The van der Waals surface area contributed by atoms with Crippen LogP contribution in [0.2, 0.25) is 0 Å². The first-order valence-corrected chi connectivity index (χ1v) is 11.8. The number of benzene rings is 3. The highest BCUT2D eigenvalue weighted by Crippen LogP contribution is 2.44. The summed E-state index contributed by atoms with van der Waals surface area (Å²) in [5.74, 6) is -0.576. The van der Waals surface area contributed by atoms with Crippen LogP contribution in [0.4, 0.5) is 4.79 Å². The Morgan fingerprint density at radius 1 is 0.939 bits per heavy atom. The van der Waals surface area contributed by atoms with E-state index in [-0.39, 0.29) is 19.1 Å². The fourth-order valence-corrected chi connectivity index (χ4v) is 4.43. The van der Waals surface area contributed by atoms with Gasteiger partial charge in [-0.2, -0.15) is 0 Å². The van der Waals surface area contributed by atoms with Gasteiger partial charge in [0, 0.05) is 15.9 Å². The minimum Gasteiger partial charge on any atom is -0.460 e. The number of amides is 1. The monoisotopic (exact) mass is 553 g/mol. The van der Waals surface area contributed by atoms with Gasteiger partial charge in [-0.15, -0.1) is 0 Å². The van der Waals surface area contributed by atoms with E-state index in [2.05, 4.69) is 58.8 Å². The molecule has 4 rings (SSSR count). The number of carbonyl (C=O) groups is 2. The predicted molar refractivity (Wildman–Crippen MR) is 136 cm³/mol. The van der Waals surface area contributed by atoms with Crippen LogP contribution in [0.25, 0.3) is 11.1 Å². The number of carbonyl (C=O) groups excluding carboxylic acids is 2. The van der Waals surface area contributed by atoms with Crippen LogP contribution in [0.5, 0.6) is 0 Å². The largest absolute Gasteiger partial charge is 0.460 e. The first-order chi connectivity index (χ1) is 16.1. The summed E-state index contributed by atoms with van der Waals surface area (Å²) in [6, 6.07) is 23.2. The van der Waals surface area contributed by atoms with Crippen molar-refractivity contribution in [1.29, 1.82) is 0 Å². The first-order valence-electron chi connectivity index (χ1n) is 10.7. The Morgan fingerprint density at radius 3 is 2.15 bits per heavy atom. The van der Waals surface area contributed by atoms with Crippen molar-refractivity contribution in [3.63, 3.8) is 0 Å². The Balaban J connectivity index is 1.44. The second kappa shape index (κ2) is 10.7. The average molecular weight is 553 g/mol. The van der Waals surface area contributed by atoms with E-state index in [4.69, 9.17) is 9.47 Å². The number of hydrogen-bond donors (Lipinski definition) is 1. The van der Waals surface area contributed by atoms with Crippen LogP contribution in [0.15, 0.2) is 85.5 Å². The van der Waals surface area contributed by atoms with Crippen molar-refractivity contribution < 1.29 is 19.1 Å². The van der Waals surface area contributed by atoms with Crippen molar-refractivity contribution in [2.24, 2.45) is 0 Å². The molecule has 1 amide bonds. The molecule has 0 fully saturated rings. The summed E-state index contributed by atoms with van der Waals surface area (Å²) in [5, 5.41) is 2.69. The van der Waals surface area contributed by atoms with Crippen molar-refractivity contribution in [2.45, 2.75) is 18.4 Å². The molecule has 0 aliphatic heterocycles. The van der Waals surface area contributed by atoms with Crippen molar-refractivity contribution in [3.05, 3.63) is 106 Å². The van der Waals surface area contributed by atoms with Gasteiger partial charge in [0.25, 0.3) is 0 Å². The molecule has 1 atom stereocenters. The van der Waals surface area contributed by atoms with Crippen LogP contribution in [-0.4, -0.2) is 31.3 Å². The van der Waals surface area contributed by atoms with Gasteiger partial charge in [-0.1, -0.05) is 73.3 Å². The minimum atomic E-state index is -0.860. The molecule has 0 saturated carbocycles. The minimum absolute atomic E-state index is 0.0504. The van der Waals surface area contributed by atoms with Gasteiger partial charge in [0.15, 0.2) is 0 Å². The molecule has 0 heterocycles. The molecule has 3 aromatic rings. The number of hydrogen-bond acceptors (Lipinski definition) is 4. The molecule has 1 aliphatic rings. The maximum atomic E-state index is 12.7. The summed E-state index contributed by atoms with van der Waals surface area (Å²) >= 11 is 2.22. The lowest BCUT2D eigenvalue weighted by molar-refractivity contribution is -0.144. The molecule has 168 valence electrons. The van der Waals surface area contributed by atoms with E-state index in [1.165, 1.54) is 6.08 Å². The SMILES string of the molecule is C=CCOC(=O)[C@H](Cc1ccc(I)cc1)NC(=O)OCC1c2ccccc2-c2ccccc21. The van der Waals surface area contributed by atoms with Crippen LogP contribution < -0.4 is 5.32 Å². The van der Waals surface area contributed by atoms with Gasteiger partial charge in [-0.25, -0.2) is 9.59 Å². The Labute approximate surface area is 206 Å². The lowest BCUT2D eigenvalue weighted by atomic mass is 9.98. The number of fused-ring (bicyclic) bond motifs is 3. The van der Waals surface area contributed by atoms with Crippen LogP contribution >= 0.6 is 22.6 Å². The van der Waals surface area contributed by atoms with Gasteiger partial charge in [-0.05, 0) is 62.5 Å². The van der Waals surface area contributed by atoms with E-state index in [0.717, 1.165) is 31.4 Å². The van der Waals surface area contributed by atoms with Gasteiger partial charge < -0.3 is 14.8 Å². The highest BCUT2D eigenvalue weighted by atomic mass is 127. The maximum Gasteiger partial charge on any atom is 0.407 e. The standard InChI is InChI=1S/C27H24INO4/c1-2-15-32-26(30)25(16-18-11-13-19(28)14-12-18)29-27(31)33-17-24-22-9-5-3-7-20(22)21-8-4-6-10-23(21)24/h2-14,24-25H,1,15-17H2,(H,29,31)/t25-/m0/s1. The molecule has 0 bridgehead atoms. The third kappa shape index (κ3) is 5.45. The van der Waals surface area contributed by atoms with Gasteiger partial charge in [-0.3, -0.25) is 0 Å². The summed E-state index contributed by atoms with van der Waals surface area (Å²) in [6.45, 7) is 3.82. The van der Waals surface area contributed by atoms with Gasteiger partial charge in [0.1, 0.15) is 19.3 Å². The quantitative estimate of drug-likeness (QED) is 0.228. The van der Waals surface area contributed by atoms with Gasteiger partial charge in [0.2, 0.25) is 0 Å². The van der Waals surface area contributed by atoms with Gasteiger partial charge >= 0.3 is 12.1 Å². The molecule has 0 unspecified atom stereocenters. The lowest BCUT2D eigenvalue weighted by Gasteiger charge is -2.19. The van der Waals surface area contributed by atoms with Crippen LogP contribution in [-0.2, 0) is 20.7 Å². The highest BCUT2D eigenvalue weighted by molar-refractivity contribution is 14.1. The predicted octanol–water partition coefficient (Wildman–Crippen LogP) is 5.47. The summed E-state index contributed by atoms with van der Waals surface area (Å²) in [6.07, 6.45) is 1.15. The lowest BCUT2D eigenvalue weighted by Crippen LogP contribution is -2.44. The number of rotatable bonds is 8.